The van der Waals surface area contributed by atoms with Crippen LogP contribution in [0.25, 0.3) is 21.9 Å². The number of benzene rings is 3. The lowest BCUT2D eigenvalue weighted by Crippen LogP contribution is -2.44. The van der Waals surface area contributed by atoms with E-state index in [4.69, 9.17) is 9.40 Å². The van der Waals surface area contributed by atoms with Crippen LogP contribution >= 0.6 is 0 Å². The smallest absolute Gasteiger partial charge is 0.159 e. The molecule has 6 rings (SSSR count). The topological polar surface area (TPSA) is 32.5 Å². The van der Waals surface area contributed by atoms with E-state index in [0.717, 1.165) is 51.4 Å². The maximum absolute atomic E-state index is 6.40. The van der Waals surface area contributed by atoms with E-state index in [1.807, 2.05) is 24.4 Å². The van der Waals surface area contributed by atoms with Gasteiger partial charge in [0.15, 0.2) is 11.4 Å². The van der Waals surface area contributed by atoms with E-state index in [0.29, 0.717) is 0 Å². The lowest BCUT2D eigenvalue weighted by molar-refractivity contribution is 0.653. The van der Waals surface area contributed by atoms with Gasteiger partial charge in [-0.2, -0.15) is 0 Å². The molecule has 0 saturated carbocycles. The fourth-order valence-corrected chi connectivity index (χ4v) is 4.82. The lowest BCUT2D eigenvalue weighted by atomic mass is 10.0. The number of nitrogens with zero attached hydrogens (tertiary/aromatic N) is 3. The summed E-state index contributed by atoms with van der Waals surface area (Å²) < 4.78 is 6.40. The molecule has 3 aromatic carbocycles. The first kappa shape index (κ1) is 18.0. The zero-order valence-electron chi connectivity index (χ0n) is 17.6. The summed E-state index contributed by atoms with van der Waals surface area (Å²) in [5, 5.41) is 2.31. The Balaban J connectivity index is 1.59. The highest BCUT2D eigenvalue weighted by Crippen LogP contribution is 2.46. The second-order valence-corrected chi connectivity index (χ2v) is 8.22. The van der Waals surface area contributed by atoms with Crippen LogP contribution in [-0.2, 0) is 0 Å². The lowest BCUT2D eigenvalue weighted by Gasteiger charge is -2.42. The fraction of sp³-hybridized carbons (Fsp3) is 0.148. The van der Waals surface area contributed by atoms with Crippen molar-refractivity contribution in [1.29, 1.82) is 0 Å². The molecule has 0 N–H and O–H groups in total. The molecule has 0 saturated heterocycles. The Morgan fingerprint density at radius 3 is 2.55 bits per heavy atom. The van der Waals surface area contributed by atoms with Crippen LogP contribution in [0.15, 0.2) is 89.5 Å². The van der Waals surface area contributed by atoms with Crippen molar-refractivity contribution in [2.24, 2.45) is 0 Å². The van der Waals surface area contributed by atoms with Crippen molar-refractivity contribution in [3.63, 3.8) is 0 Å². The summed E-state index contributed by atoms with van der Waals surface area (Å²) in [5.74, 6) is 0.972. The van der Waals surface area contributed by atoms with Gasteiger partial charge in [-0.25, -0.2) is 4.98 Å². The summed E-state index contributed by atoms with van der Waals surface area (Å²) in [6.45, 7) is 5.25. The molecule has 0 amide bonds. The number of pyridine rings is 1. The van der Waals surface area contributed by atoms with E-state index < -0.39 is 0 Å². The van der Waals surface area contributed by atoms with Crippen LogP contribution in [0.5, 0.6) is 0 Å². The zero-order chi connectivity index (χ0) is 20.9. The standard InChI is InChI=1S/C27H23N3O/c1-18-14-15-22-21-11-6-7-13-24(21)31-26(22)25(18)29-17-19(2)30(20-9-4-3-5-10-20)27-23(29)12-8-16-28-27/h3-16,19H,17H2,1-2H3/t19-/m0/s1. The predicted octanol–water partition coefficient (Wildman–Crippen LogP) is 6.97. The molecular weight excluding hydrogens is 382 g/mol. The number of para-hydroxylation sites is 2. The first-order chi connectivity index (χ1) is 15.2. The SMILES string of the molecule is Cc1ccc2c(oc3ccccc32)c1N1C[C@H](C)N(c2ccccc2)c2ncccc21. The van der Waals surface area contributed by atoms with Crippen LogP contribution in [0.3, 0.4) is 0 Å². The normalized spacial score (nSPS) is 16.1. The Morgan fingerprint density at radius 1 is 0.871 bits per heavy atom. The van der Waals surface area contributed by atoms with Crippen LogP contribution in [0.1, 0.15) is 12.5 Å². The molecule has 152 valence electrons. The molecule has 5 aromatic rings. The van der Waals surface area contributed by atoms with Crippen molar-refractivity contribution < 1.29 is 4.42 Å². The van der Waals surface area contributed by atoms with E-state index in [1.165, 1.54) is 5.56 Å². The number of furan rings is 1. The van der Waals surface area contributed by atoms with Crippen molar-refractivity contribution in [1.82, 2.24) is 4.98 Å². The molecule has 4 nitrogen and oxygen atoms in total. The fourth-order valence-electron chi connectivity index (χ4n) is 4.82. The number of aryl methyl sites for hydroxylation is 1. The summed E-state index contributed by atoms with van der Waals surface area (Å²) in [5.41, 5.74) is 6.45. The van der Waals surface area contributed by atoms with E-state index in [-0.39, 0.29) is 6.04 Å². The Kier molecular flexibility index (Phi) is 4.00. The average molecular weight is 406 g/mol. The van der Waals surface area contributed by atoms with Gasteiger partial charge in [0.2, 0.25) is 0 Å². The van der Waals surface area contributed by atoms with Crippen molar-refractivity contribution in [2.75, 3.05) is 16.3 Å². The van der Waals surface area contributed by atoms with Gasteiger partial charge in [0.1, 0.15) is 5.58 Å². The molecule has 0 bridgehead atoms. The van der Waals surface area contributed by atoms with Crippen molar-refractivity contribution in [3.8, 4) is 0 Å². The van der Waals surface area contributed by atoms with Gasteiger partial charge in [-0.15, -0.1) is 0 Å². The van der Waals surface area contributed by atoms with E-state index in [1.54, 1.807) is 0 Å². The van der Waals surface area contributed by atoms with Gasteiger partial charge in [-0.3, -0.25) is 0 Å². The molecule has 1 atom stereocenters. The molecule has 0 aliphatic carbocycles. The Hall–Kier alpha value is -3.79. The van der Waals surface area contributed by atoms with Gasteiger partial charge in [-0.05, 0) is 49.7 Å². The number of aromatic nitrogens is 1. The van der Waals surface area contributed by atoms with Crippen LogP contribution in [-0.4, -0.2) is 17.6 Å². The molecule has 0 unspecified atom stereocenters. The molecular formula is C27H23N3O. The third-order valence-electron chi connectivity index (χ3n) is 6.20. The van der Waals surface area contributed by atoms with Gasteiger partial charge in [-0.1, -0.05) is 48.5 Å². The van der Waals surface area contributed by atoms with Crippen molar-refractivity contribution in [3.05, 3.63) is 90.6 Å². The number of fused-ring (bicyclic) bond motifs is 4. The summed E-state index contributed by atoms with van der Waals surface area (Å²) >= 11 is 0. The summed E-state index contributed by atoms with van der Waals surface area (Å²) in [4.78, 5) is 9.52. The van der Waals surface area contributed by atoms with E-state index >= 15 is 0 Å². The molecule has 0 radical (unpaired) electrons. The maximum atomic E-state index is 6.40. The van der Waals surface area contributed by atoms with Gasteiger partial charge >= 0.3 is 0 Å². The monoisotopic (exact) mass is 405 g/mol. The van der Waals surface area contributed by atoms with Gasteiger partial charge in [0.25, 0.3) is 0 Å². The second-order valence-electron chi connectivity index (χ2n) is 8.22. The van der Waals surface area contributed by atoms with Crippen molar-refractivity contribution >= 4 is 44.8 Å². The first-order valence-corrected chi connectivity index (χ1v) is 10.7. The van der Waals surface area contributed by atoms with Gasteiger partial charge in [0.05, 0.1) is 17.4 Å². The maximum Gasteiger partial charge on any atom is 0.159 e. The molecule has 0 fully saturated rings. The Morgan fingerprint density at radius 2 is 1.68 bits per heavy atom. The molecule has 0 spiro atoms. The average Bonchev–Trinajstić information content (AvgIpc) is 3.18. The van der Waals surface area contributed by atoms with E-state index in [9.17, 15) is 0 Å². The van der Waals surface area contributed by atoms with Crippen LogP contribution in [0.4, 0.5) is 22.9 Å². The minimum Gasteiger partial charge on any atom is -0.454 e. The molecule has 1 aliphatic heterocycles. The second kappa shape index (κ2) is 6.88. The predicted molar refractivity (Wildman–Crippen MR) is 128 cm³/mol. The van der Waals surface area contributed by atoms with Gasteiger partial charge in [0, 0.05) is 29.2 Å². The van der Waals surface area contributed by atoms with Crippen LogP contribution in [0.2, 0.25) is 0 Å². The van der Waals surface area contributed by atoms with Crippen LogP contribution in [0, 0.1) is 6.92 Å². The Labute approximate surface area is 181 Å². The minimum absolute atomic E-state index is 0.240. The molecule has 3 heterocycles. The highest BCUT2D eigenvalue weighted by atomic mass is 16.3. The largest absolute Gasteiger partial charge is 0.454 e. The quantitative estimate of drug-likeness (QED) is 0.317. The highest BCUT2D eigenvalue weighted by Gasteiger charge is 2.33. The highest BCUT2D eigenvalue weighted by molar-refractivity contribution is 6.10. The van der Waals surface area contributed by atoms with Crippen molar-refractivity contribution in [2.45, 2.75) is 19.9 Å². The van der Waals surface area contributed by atoms with E-state index in [2.05, 4.69) is 84.3 Å². The zero-order valence-corrected chi connectivity index (χ0v) is 17.6. The summed E-state index contributed by atoms with van der Waals surface area (Å²) in [6.07, 6.45) is 1.87. The number of anilines is 4. The number of hydrogen-bond acceptors (Lipinski definition) is 4. The number of rotatable bonds is 2. The summed E-state index contributed by atoms with van der Waals surface area (Å²) in [6, 6.07) is 27.6. The van der Waals surface area contributed by atoms with Crippen LogP contribution < -0.4 is 9.80 Å². The Bertz CT molecular complexity index is 1410. The van der Waals surface area contributed by atoms with Gasteiger partial charge < -0.3 is 14.2 Å². The molecule has 1 aliphatic rings. The minimum atomic E-state index is 0.240. The third-order valence-corrected chi connectivity index (χ3v) is 6.20. The molecule has 31 heavy (non-hydrogen) atoms. The third kappa shape index (κ3) is 2.72. The molecule has 4 heteroatoms. The number of hydrogen-bond donors (Lipinski definition) is 0. The first-order valence-electron chi connectivity index (χ1n) is 10.7. The molecule has 2 aromatic heterocycles. The summed E-state index contributed by atoms with van der Waals surface area (Å²) in [7, 11) is 0.